The highest BCUT2D eigenvalue weighted by atomic mass is 35.5. The number of aliphatic hydroxyl groups excluding tert-OH is 1. The molecule has 0 bridgehead atoms. The van der Waals surface area contributed by atoms with Gasteiger partial charge in [-0.15, -0.1) is 0 Å². The maximum atomic E-state index is 10.9. The Morgan fingerprint density at radius 1 is 1.33 bits per heavy atom. The van der Waals surface area contributed by atoms with Crippen LogP contribution in [0.5, 0.6) is 0 Å². The van der Waals surface area contributed by atoms with Gasteiger partial charge in [-0.1, -0.05) is 37.3 Å². The highest BCUT2D eigenvalue weighted by Crippen LogP contribution is 2.35. The molecule has 0 aliphatic heterocycles. The SMILES string of the molecule is CCOC1(C(O)Cc2c(Cl)c(C)nn2C)CCCCCC1. The molecule has 1 heterocycles. The molecular weight excluding hydrogens is 288 g/mol. The van der Waals surface area contributed by atoms with Gasteiger partial charge in [-0.3, -0.25) is 4.68 Å². The van der Waals surface area contributed by atoms with Crippen LogP contribution in [0.1, 0.15) is 56.8 Å². The molecule has 5 heteroatoms. The molecule has 1 aliphatic rings. The van der Waals surface area contributed by atoms with Gasteiger partial charge in [0.15, 0.2) is 0 Å². The molecule has 1 N–H and O–H groups in total. The van der Waals surface area contributed by atoms with Crippen molar-refractivity contribution in [2.45, 2.75) is 70.5 Å². The molecule has 1 aromatic rings. The second-order valence-corrected chi connectivity index (χ2v) is 6.48. The zero-order valence-corrected chi connectivity index (χ0v) is 14.1. The lowest BCUT2D eigenvalue weighted by molar-refractivity contribution is -0.128. The van der Waals surface area contributed by atoms with E-state index in [9.17, 15) is 5.11 Å². The summed E-state index contributed by atoms with van der Waals surface area (Å²) in [5, 5.41) is 15.9. The molecule has 120 valence electrons. The monoisotopic (exact) mass is 314 g/mol. The van der Waals surface area contributed by atoms with Gasteiger partial charge in [0.25, 0.3) is 0 Å². The summed E-state index contributed by atoms with van der Waals surface area (Å²) < 4.78 is 7.82. The molecule has 0 aromatic carbocycles. The van der Waals surface area contributed by atoms with E-state index in [0.717, 1.165) is 37.1 Å². The number of aromatic nitrogens is 2. The molecule has 0 saturated heterocycles. The standard InChI is InChI=1S/C16H27ClN2O2/c1-4-21-16(9-7-5-6-8-10-16)14(20)11-13-15(17)12(2)18-19(13)3/h14,20H,4-11H2,1-3H3. The van der Waals surface area contributed by atoms with E-state index in [1.165, 1.54) is 12.8 Å². The van der Waals surface area contributed by atoms with Crippen molar-refractivity contribution in [1.82, 2.24) is 9.78 Å². The van der Waals surface area contributed by atoms with E-state index in [2.05, 4.69) is 5.10 Å². The van der Waals surface area contributed by atoms with Crippen molar-refractivity contribution < 1.29 is 9.84 Å². The van der Waals surface area contributed by atoms with Crippen LogP contribution >= 0.6 is 11.6 Å². The third-order valence-corrected chi connectivity index (χ3v) is 5.13. The van der Waals surface area contributed by atoms with E-state index in [1.807, 2.05) is 20.9 Å². The zero-order valence-electron chi connectivity index (χ0n) is 13.4. The van der Waals surface area contributed by atoms with Crippen LogP contribution in [0.4, 0.5) is 0 Å². The largest absolute Gasteiger partial charge is 0.390 e. The molecule has 0 radical (unpaired) electrons. The van der Waals surface area contributed by atoms with Crippen LogP contribution in [-0.2, 0) is 18.2 Å². The number of halogens is 1. The van der Waals surface area contributed by atoms with E-state index < -0.39 is 11.7 Å². The second kappa shape index (κ2) is 7.12. The number of nitrogens with zero attached hydrogens (tertiary/aromatic N) is 2. The maximum Gasteiger partial charge on any atom is 0.0943 e. The fourth-order valence-electron chi connectivity index (χ4n) is 3.46. The first-order chi connectivity index (χ1) is 10.00. The molecular formula is C16H27ClN2O2. The lowest BCUT2D eigenvalue weighted by atomic mass is 9.85. The molecule has 1 fully saturated rings. The summed E-state index contributed by atoms with van der Waals surface area (Å²) in [6.07, 6.45) is 6.51. The first-order valence-electron chi connectivity index (χ1n) is 8.00. The van der Waals surface area contributed by atoms with Crippen LogP contribution in [0.2, 0.25) is 5.02 Å². The van der Waals surface area contributed by atoms with Crippen LogP contribution in [0, 0.1) is 6.92 Å². The second-order valence-electron chi connectivity index (χ2n) is 6.10. The Balaban J connectivity index is 2.19. The van der Waals surface area contributed by atoms with Gasteiger partial charge < -0.3 is 9.84 Å². The van der Waals surface area contributed by atoms with Gasteiger partial charge in [0.2, 0.25) is 0 Å². The van der Waals surface area contributed by atoms with Crippen LogP contribution in [-0.4, -0.2) is 33.2 Å². The Morgan fingerprint density at radius 2 is 1.95 bits per heavy atom. The Labute approximate surface area is 132 Å². The van der Waals surface area contributed by atoms with Gasteiger partial charge in [-0.25, -0.2) is 0 Å². The summed E-state index contributed by atoms with van der Waals surface area (Å²) in [5.41, 5.74) is 1.28. The third kappa shape index (κ3) is 3.61. The molecule has 1 unspecified atom stereocenters. The van der Waals surface area contributed by atoms with E-state index >= 15 is 0 Å². The van der Waals surface area contributed by atoms with E-state index in [1.54, 1.807) is 4.68 Å². The molecule has 2 rings (SSSR count). The number of aliphatic hydroxyl groups is 1. The Kier molecular flexibility index (Phi) is 5.69. The molecule has 1 aliphatic carbocycles. The van der Waals surface area contributed by atoms with E-state index in [0.29, 0.717) is 18.1 Å². The maximum absolute atomic E-state index is 10.9. The van der Waals surface area contributed by atoms with Crippen LogP contribution in [0.25, 0.3) is 0 Å². The first-order valence-corrected chi connectivity index (χ1v) is 8.38. The highest BCUT2D eigenvalue weighted by Gasteiger charge is 2.39. The Morgan fingerprint density at radius 3 is 2.43 bits per heavy atom. The van der Waals surface area contributed by atoms with Gasteiger partial charge in [-0.05, 0) is 26.7 Å². The summed E-state index contributed by atoms with van der Waals surface area (Å²) in [6, 6.07) is 0. The summed E-state index contributed by atoms with van der Waals surface area (Å²) in [7, 11) is 1.88. The lowest BCUT2D eigenvalue weighted by Gasteiger charge is -2.37. The summed E-state index contributed by atoms with van der Waals surface area (Å²) in [5.74, 6) is 0. The van der Waals surface area contributed by atoms with E-state index in [-0.39, 0.29) is 0 Å². The normalized spacial score (nSPS) is 20.2. The molecule has 0 spiro atoms. The average molecular weight is 315 g/mol. The van der Waals surface area contributed by atoms with Crippen molar-refractivity contribution in [3.8, 4) is 0 Å². The van der Waals surface area contributed by atoms with Crippen molar-refractivity contribution in [1.29, 1.82) is 0 Å². The van der Waals surface area contributed by atoms with Gasteiger partial charge in [-0.2, -0.15) is 5.10 Å². The minimum atomic E-state index is -0.539. The first kappa shape index (κ1) is 16.8. The van der Waals surface area contributed by atoms with Crippen molar-refractivity contribution in [3.05, 3.63) is 16.4 Å². The Hall–Kier alpha value is -0.580. The number of aryl methyl sites for hydroxylation is 2. The lowest BCUT2D eigenvalue weighted by Crippen LogP contribution is -2.46. The molecule has 1 saturated carbocycles. The number of hydrogen-bond acceptors (Lipinski definition) is 3. The fraction of sp³-hybridized carbons (Fsp3) is 0.812. The topological polar surface area (TPSA) is 47.3 Å². The predicted molar refractivity (Wildman–Crippen MR) is 84.7 cm³/mol. The summed E-state index contributed by atoms with van der Waals surface area (Å²) >= 11 is 6.32. The number of ether oxygens (including phenoxy) is 1. The van der Waals surface area contributed by atoms with Gasteiger partial charge >= 0.3 is 0 Å². The van der Waals surface area contributed by atoms with Crippen LogP contribution in [0.15, 0.2) is 0 Å². The predicted octanol–water partition coefficient (Wildman–Crippen LogP) is 3.41. The minimum Gasteiger partial charge on any atom is -0.390 e. The molecule has 21 heavy (non-hydrogen) atoms. The molecule has 1 atom stereocenters. The van der Waals surface area contributed by atoms with Crippen molar-refractivity contribution in [2.24, 2.45) is 7.05 Å². The van der Waals surface area contributed by atoms with E-state index in [4.69, 9.17) is 16.3 Å². The molecule has 1 aromatic heterocycles. The van der Waals surface area contributed by atoms with Gasteiger partial charge in [0.05, 0.1) is 28.1 Å². The van der Waals surface area contributed by atoms with Crippen molar-refractivity contribution >= 4 is 11.6 Å². The minimum absolute atomic E-state index is 0.424. The quantitative estimate of drug-likeness (QED) is 0.847. The van der Waals surface area contributed by atoms with Crippen LogP contribution in [0.3, 0.4) is 0 Å². The number of rotatable bonds is 5. The highest BCUT2D eigenvalue weighted by molar-refractivity contribution is 6.31. The zero-order chi connectivity index (χ0) is 15.5. The van der Waals surface area contributed by atoms with Crippen molar-refractivity contribution in [2.75, 3.05) is 6.61 Å². The van der Waals surface area contributed by atoms with Gasteiger partial charge in [0.1, 0.15) is 0 Å². The Bertz CT molecular complexity index is 465. The molecule has 4 nitrogen and oxygen atoms in total. The fourth-order valence-corrected chi connectivity index (χ4v) is 3.70. The summed E-state index contributed by atoms with van der Waals surface area (Å²) in [6.45, 7) is 4.53. The average Bonchev–Trinajstić information content (AvgIpc) is 2.65. The number of hydrogen-bond donors (Lipinski definition) is 1. The third-order valence-electron chi connectivity index (χ3n) is 4.64. The van der Waals surface area contributed by atoms with Gasteiger partial charge in [0, 0.05) is 20.1 Å². The smallest absolute Gasteiger partial charge is 0.0943 e. The van der Waals surface area contributed by atoms with Crippen molar-refractivity contribution in [3.63, 3.8) is 0 Å². The molecule has 0 amide bonds. The van der Waals surface area contributed by atoms with Crippen LogP contribution < -0.4 is 0 Å². The summed E-state index contributed by atoms with van der Waals surface area (Å²) in [4.78, 5) is 0.